The number of nitrogens with zero attached hydrogens (tertiary/aromatic N) is 1. The summed E-state index contributed by atoms with van der Waals surface area (Å²) in [7, 11) is 0. The smallest absolute Gasteiger partial charge is 0.265 e. The average Bonchev–Trinajstić information content (AvgIpc) is 2.51. The number of benzene rings is 2. The first kappa shape index (κ1) is 15.4. The summed E-state index contributed by atoms with van der Waals surface area (Å²) in [6, 6.07) is 11.4. The van der Waals surface area contributed by atoms with Gasteiger partial charge in [0.15, 0.2) is 17.7 Å². The van der Waals surface area contributed by atoms with Crippen LogP contribution in [0.1, 0.15) is 12.5 Å². The summed E-state index contributed by atoms with van der Waals surface area (Å²) in [5.74, 6) is -2.46. The van der Waals surface area contributed by atoms with Crippen molar-refractivity contribution in [3.05, 3.63) is 59.7 Å². The first-order chi connectivity index (χ1) is 10.5. The monoisotopic (exact) mass is 302 g/mol. The number of nitrogens with one attached hydrogen (secondary N) is 1. The Morgan fingerprint density at radius 3 is 2.68 bits per heavy atom. The predicted molar refractivity (Wildman–Crippen MR) is 76.2 cm³/mol. The van der Waals surface area contributed by atoms with E-state index in [-0.39, 0.29) is 5.75 Å². The van der Waals surface area contributed by atoms with E-state index >= 15 is 0 Å². The van der Waals surface area contributed by atoms with Gasteiger partial charge in [0.2, 0.25) is 0 Å². The third-order valence-corrected chi connectivity index (χ3v) is 2.83. The minimum Gasteiger partial charge on any atom is -0.481 e. The molecule has 22 heavy (non-hydrogen) atoms. The maximum atomic E-state index is 13.1. The van der Waals surface area contributed by atoms with Crippen LogP contribution in [-0.4, -0.2) is 12.0 Å². The standard InChI is InChI=1S/C16H12F2N2O2/c1-10(22-13-5-6-14(17)15(18)8-13)16(21)20-12-4-2-3-11(7-12)9-19/h2-8,10H,1H3,(H,20,21). The maximum absolute atomic E-state index is 13.1. The quantitative estimate of drug-likeness (QED) is 0.943. The van der Waals surface area contributed by atoms with Crippen LogP contribution >= 0.6 is 0 Å². The van der Waals surface area contributed by atoms with E-state index < -0.39 is 23.6 Å². The number of hydrogen-bond acceptors (Lipinski definition) is 3. The highest BCUT2D eigenvalue weighted by Gasteiger charge is 2.16. The Kier molecular flexibility index (Phi) is 4.69. The molecule has 1 N–H and O–H groups in total. The van der Waals surface area contributed by atoms with Crippen LogP contribution in [0.4, 0.5) is 14.5 Å². The van der Waals surface area contributed by atoms with E-state index in [0.29, 0.717) is 11.3 Å². The molecule has 1 amide bonds. The van der Waals surface area contributed by atoms with Gasteiger partial charge in [0.25, 0.3) is 5.91 Å². The lowest BCUT2D eigenvalue weighted by Gasteiger charge is -2.15. The molecule has 2 rings (SSSR count). The van der Waals surface area contributed by atoms with Crippen molar-refractivity contribution in [2.24, 2.45) is 0 Å². The van der Waals surface area contributed by atoms with Crippen molar-refractivity contribution in [1.82, 2.24) is 0 Å². The Hall–Kier alpha value is -2.94. The van der Waals surface area contributed by atoms with Crippen LogP contribution < -0.4 is 10.1 Å². The first-order valence-corrected chi connectivity index (χ1v) is 6.42. The molecule has 2 aromatic rings. The molecule has 0 spiro atoms. The van der Waals surface area contributed by atoms with Crippen molar-refractivity contribution >= 4 is 11.6 Å². The predicted octanol–water partition coefficient (Wildman–Crippen LogP) is 3.24. The highest BCUT2D eigenvalue weighted by atomic mass is 19.2. The Labute approximate surface area is 125 Å². The summed E-state index contributed by atoms with van der Waals surface area (Å²) in [4.78, 5) is 12.0. The van der Waals surface area contributed by atoms with Crippen LogP contribution in [0.15, 0.2) is 42.5 Å². The second-order valence-electron chi connectivity index (χ2n) is 4.52. The number of anilines is 1. The molecule has 2 aromatic carbocycles. The molecule has 0 aromatic heterocycles. The molecule has 0 aliphatic carbocycles. The van der Waals surface area contributed by atoms with Gasteiger partial charge in [-0.3, -0.25) is 4.79 Å². The zero-order valence-electron chi connectivity index (χ0n) is 11.6. The van der Waals surface area contributed by atoms with Gasteiger partial charge in [0.1, 0.15) is 5.75 Å². The van der Waals surface area contributed by atoms with Crippen LogP contribution in [0.25, 0.3) is 0 Å². The molecule has 112 valence electrons. The lowest BCUT2D eigenvalue weighted by Crippen LogP contribution is -2.30. The summed E-state index contributed by atoms with van der Waals surface area (Å²) < 4.78 is 31.1. The van der Waals surface area contributed by atoms with Crippen molar-refractivity contribution in [2.75, 3.05) is 5.32 Å². The lowest BCUT2D eigenvalue weighted by atomic mass is 10.2. The molecule has 0 heterocycles. The molecule has 1 atom stereocenters. The van der Waals surface area contributed by atoms with Crippen molar-refractivity contribution in [1.29, 1.82) is 5.26 Å². The van der Waals surface area contributed by atoms with Gasteiger partial charge in [-0.05, 0) is 37.3 Å². The third kappa shape index (κ3) is 3.79. The van der Waals surface area contributed by atoms with Gasteiger partial charge in [0, 0.05) is 11.8 Å². The highest BCUT2D eigenvalue weighted by Crippen LogP contribution is 2.17. The first-order valence-electron chi connectivity index (χ1n) is 6.42. The number of amides is 1. The molecular formula is C16H12F2N2O2. The van der Waals surface area contributed by atoms with Crippen molar-refractivity contribution in [3.63, 3.8) is 0 Å². The molecular weight excluding hydrogens is 290 g/mol. The highest BCUT2D eigenvalue weighted by molar-refractivity contribution is 5.94. The number of ether oxygens (including phenoxy) is 1. The van der Waals surface area contributed by atoms with Crippen molar-refractivity contribution < 1.29 is 18.3 Å². The Morgan fingerprint density at radius 2 is 2.00 bits per heavy atom. The molecule has 6 heteroatoms. The van der Waals surface area contributed by atoms with E-state index in [0.717, 1.165) is 12.1 Å². The minimum absolute atomic E-state index is 0.0484. The molecule has 0 aliphatic heterocycles. The number of nitriles is 1. The summed E-state index contributed by atoms with van der Waals surface area (Å²) in [6.07, 6.45) is -0.921. The normalized spacial score (nSPS) is 11.4. The lowest BCUT2D eigenvalue weighted by molar-refractivity contribution is -0.122. The van der Waals surface area contributed by atoms with Crippen LogP contribution in [0.3, 0.4) is 0 Å². The fourth-order valence-electron chi connectivity index (χ4n) is 1.72. The van der Waals surface area contributed by atoms with Gasteiger partial charge in [-0.25, -0.2) is 8.78 Å². The van der Waals surface area contributed by atoms with Crippen LogP contribution in [0.2, 0.25) is 0 Å². The van der Waals surface area contributed by atoms with Gasteiger partial charge in [-0.2, -0.15) is 5.26 Å². The summed E-state index contributed by atoms with van der Waals surface area (Å²) in [5.41, 5.74) is 0.858. The number of rotatable bonds is 4. The van der Waals surface area contributed by atoms with Crippen LogP contribution in [0.5, 0.6) is 5.75 Å². The topological polar surface area (TPSA) is 62.1 Å². The third-order valence-electron chi connectivity index (χ3n) is 2.83. The summed E-state index contributed by atoms with van der Waals surface area (Å²) in [5, 5.41) is 11.4. The molecule has 1 unspecified atom stereocenters. The molecule has 0 saturated carbocycles. The molecule has 0 bridgehead atoms. The molecule has 0 saturated heterocycles. The molecule has 0 aliphatic rings. The van der Waals surface area contributed by atoms with E-state index in [2.05, 4.69) is 5.32 Å². The molecule has 4 nitrogen and oxygen atoms in total. The van der Waals surface area contributed by atoms with Crippen molar-refractivity contribution in [2.45, 2.75) is 13.0 Å². The fraction of sp³-hybridized carbons (Fsp3) is 0.125. The number of hydrogen-bond donors (Lipinski definition) is 1. The summed E-state index contributed by atoms with van der Waals surface area (Å²) >= 11 is 0. The Bertz CT molecular complexity index is 741. The molecule has 0 fully saturated rings. The second kappa shape index (κ2) is 6.68. The van der Waals surface area contributed by atoms with Crippen molar-refractivity contribution in [3.8, 4) is 11.8 Å². The second-order valence-corrected chi connectivity index (χ2v) is 4.52. The zero-order chi connectivity index (χ0) is 16.1. The number of carbonyl (C=O) groups excluding carboxylic acids is 1. The average molecular weight is 302 g/mol. The SMILES string of the molecule is CC(Oc1ccc(F)c(F)c1)C(=O)Nc1cccc(C#N)c1. The Morgan fingerprint density at radius 1 is 1.23 bits per heavy atom. The van der Waals surface area contributed by atoms with E-state index in [9.17, 15) is 13.6 Å². The zero-order valence-corrected chi connectivity index (χ0v) is 11.6. The minimum atomic E-state index is -1.05. The summed E-state index contributed by atoms with van der Waals surface area (Å²) in [6.45, 7) is 1.48. The van der Waals surface area contributed by atoms with Crippen LogP contribution in [0, 0.1) is 23.0 Å². The van der Waals surface area contributed by atoms with Gasteiger partial charge < -0.3 is 10.1 Å². The van der Waals surface area contributed by atoms with Gasteiger partial charge in [-0.15, -0.1) is 0 Å². The number of carbonyl (C=O) groups is 1. The van der Waals surface area contributed by atoms with E-state index in [4.69, 9.17) is 10.00 Å². The van der Waals surface area contributed by atoms with Gasteiger partial charge >= 0.3 is 0 Å². The fourth-order valence-corrected chi connectivity index (χ4v) is 1.72. The van der Waals surface area contributed by atoms with Crippen LogP contribution in [-0.2, 0) is 4.79 Å². The van der Waals surface area contributed by atoms with Gasteiger partial charge in [-0.1, -0.05) is 6.07 Å². The largest absolute Gasteiger partial charge is 0.481 e. The van der Waals surface area contributed by atoms with E-state index in [1.54, 1.807) is 18.2 Å². The Balaban J connectivity index is 2.02. The molecule has 0 radical (unpaired) electrons. The maximum Gasteiger partial charge on any atom is 0.265 e. The number of halogens is 2. The van der Waals surface area contributed by atoms with Gasteiger partial charge in [0.05, 0.1) is 11.6 Å². The van der Waals surface area contributed by atoms with E-state index in [1.807, 2.05) is 6.07 Å². The van der Waals surface area contributed by atoms with E-state index in [1.165, 1.54) is 19.1 Å².